The summed E-state index contributed by atoms with van der Waals surface area (Å²) >= 11 is 0. The number of rotatable bonds is 5. The second-order valence-corrected chi connectivity index (χ2v) is 5.60. The Kier molecular flexibility index (Phi) is 5.53. The number of anilines is 1. The third-order valence-electron chi connectivity index (χ3n) is 2.73. The van der Waals surface area contributed by atoms with Gasteiger partial charge in [0.1, 0.15) is 0 Å². The van der Waals surface area contributed by atoms with E-state index >= 15 is 0 Å². The zero-order valence-electron chi connectivity index (χ0n) is 12.1. The highest BCUT2D eigenvalue weighted by Crippen LogP contribution is 2.15. The fraction of sp³-hybridized carbons (Fsp3) is 0.467. The summed E-state index contributed by atoms with van der Waals surface area (Å²) in [4.78, 5) is 11.7. The number of nitriles is 1. The number of aliphatic hydroxyl groups is 1. The van der Waals surface area contributed by atoms with Crippen LogP contribution >= 0.6 is 0 Å². The summed E-state index contributed by atoms with van der Waals surface area (Å²) < 4.78 is 0. The van der Waals surface area contributed by atoms with Crippen molar-refractivity contribution in [1.29, 1.82) is 5.26 Å². The molecule has 5 heteroatoms. The zero-order chi connectivity index (χ0) is 15.2. The molecule has 0 fully saturated rings. The van der Waals surface area contributed by atoms with E-state index < -0.39 is 11.6 Å². The first-order valence-electron chi connectivity index (χ1n) is 6.60. The summed E-state index contributed by atoms with van der Waals surface area (Å²) in [5.74, 6) is 0.349. The third-order valence-corrected chi connectivity index (χ3v) is 2.73. The van der Waals surface area contributed by atoms with Crippen LogP contribution in [0.15, 0.2) is 24.3 Å². The van der Waals surface area contributed by atoms with Gasteiger partial charge in [-0.15, -0.1) is 0 Å². The fourth-order valence-electron chi connectivity index (χ4n) is 2.06. The number of hydrogen-bond donors (Lipinski definition) is 3. The van der Waals surface area contributed by atoms with E-state index in [1.165, 1.54) is 0 Å². The number of benzene rings is 1. The second kappa shape index (κ2) is 6.92. The standard InChI is InChI=1S/C15H21N3O2/c1-11(2)8-15(3,20)10-17-14(19)18-13-6-4-5-12(7-13)9-16/h4-7,11,20H,8,10H2,1-3H3,(H2,17,18,19). The van der Waals surface area contributed by atoms with Gasteiger partial charge in [0, 0.05) is 12.2 Å². The van der Waals surface area contributed by atoms with E-state index in [2.05, 4.69) is 10.6 Å². The van der Waals surface area contributed by atoms with Gasteiger partial charge in [-0.2, -0.15) is 5.26 Å². The van der Waals surface area contributed by atoms with Crippen molar-refractivity contribution in [3.8, 4) is 6.07 Å². The van der Waals surface area contributed by atoms with Crippen molar-refractivity contribution in [2.24, 2.45) is 5.92 Å². The minimum atomic E-state index is -0.931. The zero-order valence-corrected chi connectivity index (χ0v) is 12.1. The summed E-state index contributed by atoms with van der Waals surface area (Å²) in [7, 11) is 0. The Labute approximate surface area is 119 Å². The average molecular weight is 275 g/mol. The van der Waals surface area contributed by atoms with E-state index in [-0.39, 0.29) is 6.54 Å². The Morgan fingerprint density at radius 1 is 1.50 bits per heavy atom. The van der Waals surface area contributed by atoms with Crippen molar-refractivity contribution in [2.45, 2.75) is 32.8 Å². The van der Waals surface area contributed by atoms with Gasteiger partial charge in [-0.3, -0.25) is 0 Å². The van der Waals surface area contributed by atoms with Gasteiger partial charge in [-0.25, -0.2) is 4.79 Å². The van der Waals surface area contributed by atoms with Crippen LogP contribution in [0.25, 0.3) is 0 Å². The van der Waals surface area contributed by atoms with Crippen LogP contribution in [0.3, 0.4) is 0 Å². The van der Waals surface area contributed by atoms with E-state index in [1.807, 2.05) is 19.9 Å². The van der Waals surface area contributed by atoms with Gasteiger partial charge >= 0.3 is 6.03 Å². The minimum absolute atomic E-state index is 0.176. The summed E-state index contributed by atoms with van der Waals surface area (Å²) in [5.41, 5.74) is 0.0969. The Bertz CT molecular complexity index is 504. The monoisotopic (exact) mass is 275 g/mol. The lowest BCUT2D eigenvalue weighted by atomic mass is 9.94. The Morgan fingerprint density at radius 3 is 2.80 bits per heavy atom. The molecule has 0 radical (unpaired) electrons. The molecule has 0 saturated carbocycles. The topological polar surface area (TPSA) is 85.2 Å². The third kappa shape index (κ3) is 5.72. The van der Waals surface area contributed by atoms with Crippen molar-refractivity contribution in [1.82, 2.24) is 5.32 Å². The molecule has 1 aromatic carbocycles. The van der Waals surface area contributed by atoms with E-state index in [9.17, 15) is 9.90 Å². The number of nitrogens with one attached hydrogen (secondary N) is 2. The lowest BCUT2D eigenvalue weighted by Crippen LogP contribution is -2.43. The van der Waals surface area contributed by atoms with Crippen molar-refractivity contribution >= 4 is 11.7 Å². The molecule has 108 valence electrons. The number of urea groups is 1. The van der Waals surface area contributed by atoms with E-state index in [0.717, 1.165) is 0 Å². The predicted octanol–water partition coefficient (Wildman–Crippen LogP) is 2.48. The number of amides is 2. The number of nitrogens with zero attached hydrogens (tertiary/aromatic N) is 1. The van der Waals surface area contributed by atoms with Crippen LogP contribution in [0.1, 0.15) is 32.8 Å². The molecule has 1 rings (SSSR count). The maximum Gasteiger partial charge on any atom is 0.319 e. The van der Waals surface area contributed by atoms with Crippen molar-refractivity contribution < 1.29 is 9.90 Å². The van der Waals surface area contributed by atoms with Crippen molar-refractivity contribution in [3.05, 3.63) is 29.8 Å². The van der Waals surface area contributed by atoms with Crippen LogP contribution < -0.4 is 10.6 Å². The SMILES string of the molecule is CC(C)CC(C)(O)CNC(=O)Nc1cccc(C#N)c1. The van der Waals surface area contributed by atoms with E-state index in [4.69, 9.17) is 5.26 Å². The number of hydrogen-bond acceptors (Lipinski definition) is 3. The summed E-state index contributed by atoms with van der Waals surface area (Å²) in [6.45, 7) is 5.91. The van der Waals surface area contributed by atoms with Gasteiger partial charge in [0.2, 0.25) is 0 Å². The molecule has 3 N–H and O–H groups in total. The Balaban J connectivity index is 2.50. The molecule has 0 aliphatic rings. The maximum absolute atomic E-state index is 11.7. The molecule has 0 aliphatic carbocycles. The van der Waals surface area contributed by atoms with Gasteiger partial charge in [0.05, 0.1) is 17.2 Å². The molecule has 1 aromatic rings. The average Bonchev–Trinajstić information content (AvgIpc) is 2.35. The number of carbonyl (C=O) groups excluding carboxylic acids is 1. The van der Waals surface area contributed by atoms with Crippen molar-refractivity contribution in [2.75, 3.05) is 11.9 Å². The molecule has 0 spiro atoms. The molecular formula is C15H21N3O2. The van der Waals surface area contributed by atoms with Gasteiger partial charge in [0.25, 0.3) is 0 Å². The normalized spacial score (nSPS) is 13.4. The molecule has 20 heavy (non-hydrogen) atoms. The summed E-state index contributed by atoms with van der Waals surface area (Å²) in [5, 5.41) is 24.1. The lowest BCUT2D eigenvalue weighted by molar-refractivity contribution is 0.0413. The molecule has 0 bridgehead atoms. The molecule has 0 heterocycles. The van der Waals surface area contributed by atoms with Crippen LogP contribution in [0.5, 0.6) is 0 Å². The maximum atomic E-state index is 11.7. The minimum Gasteiger partial charge on any atom is -0.388 e. The molecular weight excluding hydrogens is 254 g/mol. The first-order valence-corrected chi connectivity index (χ1v) is 6.60. The molecule has 1 atom stereocenters. The van der Waals surface area contributed by atoms with Gasteiger partial charge in [-0.1, -0.05) is 19.9 Å². The number of carbonyl (C=O) groups is 1. The Hall–Kier alpha value is -2.06. The van der Waals surface area contributed by atoms with Gasteiger partial charge in [0.15, 0.2) is 0 Å². The molecule has 5 nitrogen and oxygen atoms in total. The van der Waals surface area contributed by atoms with Gasteiger partial charge < -0.3 is 15.7 Å². The highest BCUT2D eigenvalue weighted by Gasteiger charge is 2.22. The lowest BCUT2D eigenvalue weighted by Gasteiger charge is -2.25. The first-order chi connectivity index (χ1) is 9.32. The molecule has 0 saturated heterocycles. The van der Waals surface area contributed by atoms with E-state index in [1.54, 1.807) is 31.2 Å². The van der Waals surface area contributed by atoms with Crippen LogP contribution in [0.4, 0.5) is 10.5 Å². The molecule has 2 amide bonds. The van der Waals surface area contributed by atoms with Crippen LogP contribution in [0.2, 0.25) is 0 Å². The van der Waals surface area contributed by atoms with Crippen molar-refractivity contribution in [3.63, 3.8) is 0 Å². The summed E-state index contributed by atoms with van der Waals surface area (Å²) in [6, 6.07) is 8.26. The largest absolute Gasteiger partial charge is 0.388 e. The second-order valence-electron chi connectivity index (χ2n) is 5.60. The quantitative estimate of drug-likeness (QED) is 0.771. The molecule has 1 unspecified atom stereocenters. The highest BCUT2D eigenvalue weighted by atomic mass is 16.3. The van der Waals surface area contributed by atoms with Crippen LogP contribution in [-0.2, 0) is 0 Å². The van der Waals surface area contributed by atoms with Gasteiger partial charge in [-0.05, 0) is 37.5 Å². The predicted molar refractivity (Wildman–Crippen MR) is 78.3 cm³/mol. The highest BCUT2D eigenvalue weighted by molar-refractivity contribution is 5.89. The Morgan fingerprint density at radius 2 is 2.20 bits per heavy atom. The van der Waals surface area contributed by atoms with Crippen LogP contribution in [-0.4, -0.2) is 23.3 Å². The molecule has 0 aliphatic heterocycles. The van der Waals surface area contributed by atoms with Crippen LogP contribution in [0, 0.1) is 17.2 Å². The summed E-state index contributed by atoms with van der Waals surface area (Å²) in [6.07, 6.45) is 0.608. The molecule has 0 aromatic heterocycles. The smallest absolute Gasteiger partial charge is 0.319 e. The fourth-order valence-corrected chi connectivity index (χ4v) is 2.06. The van der Waals surface area contributed by atoms with E-state index in [0.29, 0.717) is 23.6 Å². The first kappa shape index (κ1) is 16.0.